The Hall–Kier alpha value is -1.58. The Morgan fingerprint density at radius 3 is 2.95 bits per heavy atom. The molecule has 0 aliphatic carbocycles. The number of pyridine rings is 1. The summed E-state index contributed by atoms with van der Waals surface area (Å²) in [6.45, 7) is 4.25. The second-order valence-corrected chi connectivity index (χ2v) is 4.62. The Balaban J connectivity index is 1.95. The smallest absolute Gasteiger partial charge is 0.123 e. The molecule has 3 nitrogen and oxygen atoms in total. The van der Waals surface area contributed by atoms with E-state index in [1.54, 1.807) is 6.20 Å². The Morgan fingerprint density at radius 1 is 1.26 bits per heavy atom. The summed E-state index contributed by atoms with van der Waals surface area (Å²) in [5.41, 5.74) is 2.03. The molecule has 1 aromatic carbocycles. The predicted octanol–water partition coefficient (Wildman–Crippen LogP) is 3.42. The number of nitrogens with one attached hydrogen (secondary N) is 1. The summed E-state index contributed by atoms with van der Waals surface area (Å²) in [7, 11) is 0. The van der Waals surface area contributed by atoms with Crippen molar-refractivity contribution >= 4 is 11.6 Å². The van der Waals surface area contributed by atoms with Gasteiger partial charge >= 0.3 is 0 Å². The Labute approximate surface area is 118 Å². The number of rotatable bonds is 6. The summed E-state index contributed by atoms with van der Waals surface area (Å²) < 4.78 is 5.74. The predicted molar refractivity (Wildman–Crippen MR) is 77.4 cm³/mol. The van der Waals surface area contributed by atoms with E-state index in [1.165, 1.54) is 0 Å². The van der Waals surface area contributed by atoms with Gasteiger partial charge in [-0.1, -0.05) is 30.7 Å². The highest BCUT2D eigenvalue weighted by Gasteiger charge is 1.99. The van der Waals surface area contributed by atoms with E-state index < -0.39 is 0 Å². The second-order valence-electron chi connectivity index (χ2n) is 4.18. The zero-order chi connectivity index (χ0) is 13.5. The number of aromatic nitrogens is 1. The molecule has 4 heteroatoms. The van der Waals surface area contributed by atoms with Crippen molar-refractivity contribution in [3.63, 3.8) is 0 Å². The van der Waals surface area contributed by atoms with E-state index >= 15 is 0 Å². The lowest BCUT2D eigenvalue weighted by Crippen LogP contribution is -2.12. The minimum Gasteiger partial charge on any atom is -0.489 e. The Morgan fingerprint density at radius 2 is 2.16 bits per heavy atom. The molecule has 0 bridgehead atoms. The fourth-order valence-electron chi connectivity index (χ4n) is 1.69. The molecule has 100 valence electrons. The van der Waals surface area contributed by atoms with Gasteiger partial charge in [0.05, 0.1) is 5.69 Å². The van der Waals surface area contributed by atoms with E-state index in [0.717, 1.165) is 35.1 Å². The third-order valence-electron chi connectivity index (χ3n) is 2.64. The van der Waals surface area contributed by atoms with Crippen molar-refractivity contribution in [2.45, 2.75) is 20.1 Å². The Kier molecular flexibility index (Phi) is 5.19. The van der Waals surface area contributed by atoms with Crippen LogP contribution < -0.4 is 10.1 Å². The normalized spacial score (nSPS) is 10.4. The maximum absolute atomic E-state index is 5.94. The van der Waals surface area contributed by atoms with Gasteiger partial charge in [-0.2, -0.15) is 0 Å². The highest BCUT2D eigenvalue weighted by molar-refractivity contribution is 6.30. The van der Waals surface area contributed by atoms with E-state index in [9.17, 15) is 0 Å². The molecule has 0 fully saturated rings. The average Bonchev–Trinajstić information content (AvgIpc) is 2.43. The fraction of sp³-hybridized carbons (Fsp3) is 0.267. The van der Waals surface area contributed by atoms with E-state index in [0.29, 0.717) is 6.61 Å². The molecule has 1 aromatic heterocycles. The number of benzene rings is 1. The van der Waals surface area contributed by atoms with Crippen LogP contribution in [0.25, 0.3) is 0 Å². The first-order valence-corrected chi connectivity index (χ1v) is 6.68. The molecule has 1 heterocycles. The molecule has 19 heavy (non-hydrogen) atoms. The SMILES string of the molecule is CCNCc1cc(OCc2cccc(Cl)c2)ccn1. The molecule has 0 atom stereocenters. The monoisotopic (exact) mass is 276 g/mol. The van der Waals surface area contributed by atoms with Gasteiger partial charge in [0.15, 0.2) is 0 Å². The van der Waals surface area contributed by atoms with Crippen molar-refractivity contribution in [1.29, 1.82) is 0 Å². The van der Waals surface area contributed by atoms with Gasteiger partial charge in [0, 0.05) is 23.8 Å². The zero-order valence-corrected chi connectivity index (χ0v) is 11.7. The van der Waals surface area contributed by atoms with Gasteiger partial charge in [0.2, 0.25) is 0 Å². The molecule has 0 saturated carbocycles. The summed E-state index contributed by atoms with van der Waals surface area (Å²) in [6, 6.07) is 11.5. The number of hydrogen-bond acceptors (Lipinski definition) is 3. The first kappa shape index (κ1) is 13.8. The summed E-state index contributed by atoms with van der Waals surface area (Å²) >= 11 is 5.94. The molecule has 0 saturated heterocycles. The van der Waals surface area contributed by atoms with Gasteiger partial charge in [-0.25, -0.2) is 0 Å². The molecule has 0 aliphatic heterocycles. The highest BCUT2D eigenvalue weighted by Crippen LogP contribution is 2.15. The molecule has 0 spiro atoms. The second kappa shape index (κ2) is 7.12. The molecule has 0 aliphatic rings. The van der Waals surface area contributed by atoms with Crippen LogP contribution in [0.15, 0.2) is 42.6 Å². The number of nitrogens with zero attached hydrogens (tertiary/aromatic N) is 1. The van der Waals surface area contributed by atoms with Crippen LogP contribution in [0.2, 0.25) is 5.02 Å². The number of hydrogen-bond donors (Lipinski definition) is 1. The quantitative estimate of drug-likeness (QED) is 0.878. The van der Waals surface area contributed by atoms with Crippen LogP contribution in [0.5, 0.6) is 5.75 Å². The largest absolute Gasteiger partial charge is 0.489 e. The maximum Gasteiger partial charge on any atom is 0.123 e. The van der Waals surface area contributed by atoms with Crippen molar-refractivity contribution in [2.24, 2.45) is 0 Å². The van der Waals surface area contributed by atoms with Crippen molar-refractivity contribution in [2.75, 3.05) is 6.54 Å². The summed E-state index contributed by atoms with van der Waals surface area (Å²) in [4.78, 5) is 4.28. The lowest BCUT2D eigenvalue weighted by atomic mass is 10.2. The Bertz CT molecular complexity index is 531. The van der Waals surface area contributed by atoms with Crippen molar-refractivity contribution in [3.05, 3.63) is 58.9 Å². The summed E-state index contributed by atoms with van der Waals surface area (Å²) in [5, 5.41) is 3.96. The van der Waals surface area contributed by atoms with Crippen molar-refractivity contribution in [1.82, 2.24) is 10.3 Å². The van der Waals surface area contributed by atoms with Crippen LogP contribution in [0.1, 0.15) is 18.2 Å². The van der Waals surface area contributed by atoms with Crippen LogP contribution in [-0.4, -0.2) is 11.5 Å². The maximum atomic E-state index is 5.94. The van der Waals surface area contributed by atoms with Gasteiger partial charge in [0.25, 0.3) is 0 Å². The van der Waals surface area contributed by atoms with E-state index in [1.807, 2.05) is 36.4 Å². The van der Waals surface area contributed by atoms with Gasteiger partial charge < -0.3 is 10.1 Å². The number of halogens is 1. The molecular weight excluding hydrogens is 260 g/mol. The fourth-order valence-corrected chi connectivity index (χ4v) is 1.90. The van der Waals surface area contributed by atoms with E-state index in [2.05, 4.69) is 17.2 Å². The third-order valence-corrected chi connectivity index (χ3v) is 2.87. The third kappa shape index (κ3) is 4.54. The lowest BCUT2D eigenvalue weighted by Gasteiger charge is -2.08. The summed E-state index contributed by atoms with van der Waals surface area (Å²) in [5.74, 6) is 0.822. The standard InChI is InChI=1S/C15H17ClN2O/c1-2-17-10-14-9-15(6-7-18-14)19-11-12-4-3-5-13(16)8-12/h3-9,17H,2,10-11H2,1H3. The van der Waals surface area contributed by atoms with Crippen LogP contribution in [-0.2, 0) is 13.2 Å². The van der Waals surface area contributed by atoms with Crippen molar-refractivity contribution in [3.8, 4) is 5.75 Å². The topological polar surface area (TPSA) is 34.1 Å². The minimum absolute atomic E-state index is 0.505. The van der Waals surface area contributed by atoms with Gasteiger partial charge in [0.1, 0.15) is 12.4 Å². The van der Waals surface area contributed by atoms with Gasteiger partial charge in [-0.05, 0) is 30.3 Å². The summed E-state index contributed by atoms with van der Waals surface area (Å²) in [6.07, 6.45) is 1.76. The molecule has 2 rings (SSSR count). The molecule has 1 N–H and O–H groups in total. The average molecular weight is 277 g/mol. The molecular formula is C15H17ClN2O. The molecule has 2 aromatic rings. The molecule has 0 unspecified atom stereocenters. The molecule has 0 radical (unpaired) electrons. The van der Waals surface area contributed by atoms with E-state index in [-0.39, 0.29) is 0 Å². The first-order chi connectivity index (χ1) is 9.28. The zero-order valence-electron chi connectivity index (χ0n) is 10.9. The van der Waals surface area contributed by atoms with Crippen molar-refractivity contribution < 1.29 is 4.74 Å². The highest BCUT2D eigenvalue weighted by atomic mass is 35.5. The lowest BCUT2D eigenvalue weighted by molar-refractivity contribution is 0.305. The van der Waals surface area contributed by atoms with Crippen LogP contribution in [0, 0.1) is 0 Å². The molecule has 0 amide bonds. The van der Waals surface area contributed by atoms with E-state index in [4.69, 9.17) is 16.3 Å². The van der Waals surface area contributed by atoms with Crippen LogP contribution >= 0.6 is 11.6 Å². The van der Waals surface area contributed by atoms with Crippen LogP contribution in [0.3, 0.4) is 0 Å². The minimum atomic E-state index is 0.505. The van der Waals surface area contributed by atoms with Crippen LogP contribution in [0.4, 0.5) is 0 Å². The van der Waals surface area contributed by atoms with Gasteiger partial charge in [-0.15, -0.1) is 0 Å². The first-order valence-electron chi connectivity index (χ1n) is 6.31. The van der Waals surface area contributed by atoms with Gasteiger partial charge in [-0.3, -0.25) is 4.98 Å². The number of ether oxygens (including phenoxy) is 1.